The van der Waals surface area contributed by atoms with E-state index in [4.69, 9.17) is 4.74 Å². The van der Waals surface area contributed by atoms with Crippen molar-refractivity contribution in [3.63, 3.8) is 0 Å². The molecule has 1 fully saturated rings. The van der Waals surface area contributed by atoms with Crippen LogP contribution in [0.5, 0.6) is 0 Å². The molecule has 1 aromatic carbocycles. The van der Waals surface area contributed by atoms with Gasteiger partial charge in [0.05, 0.1) is 11.6 Å². The van der Waals surface area contributed by atoms with Crippen LogP contribution in [0.1, 0.15) is 51.1 Å². The van der Waals surface area contributed by atoms with Crippen molar-refractivity contribution >= 4 is 27.9 Å². The van der Waals surface area contributed by atoms with Crippen LogP contribution in [0.2, 0.25) is 0 Å². The molecule has 1 aliphatic heterocycles. The van der Waals surface area contributed by atoms with Gasteiger partial charge in [0.25, 0.3) is 0 Å². The zero-order valence-electron chi connectivity index (χ0n) is 14.5. The minimum Gasteiger partial charge on any atom is -0.459 e. The van der Waals surface area contributed by atoms with Gasteiger partial charge in [0.15, 0.2) is 0 Å². The summed E-state index contributed by atoms with van der Waals surface area (Å²) in [6.07, 6.45) is 4.03. The fourth-order valence-electron chi connectivity index (χ4n) is 3.61. The molecule has 0 saturated heterocycles. The van der Waals surface area contributed by atoms with E-state index in [9.17, 15) is 9.59 Å². The van der Waals surface area contributed by atoms with Crippen LogP contribution in [0.25, 0.3) is 0 Å². The molecule has 0 bridgehead atoms. The normalized spacial score (nSPS) is 26.7. The van der Waals surface area contributed by atoms with E-state index in [1.54, 1.807) is 6.92 Å². The van der Waals surface area contributed by atoms with E-state index in [-0.39, 0.29) is 18.1 Å². The molecular formula is C19H23BrN2O3. The third-order valence-electron chi connectivity index (χ3n) is 4.87. The van der Waals surface area contributed by atoms with Gasteiger partial charge in [0, 0.05) is 10.2 Å². The molecule has 1 heterocycles. The molecule has 1 saturated carbocycles. The van der Waals surface area contributed by atoms with Crippen molar-refractivity contribution in [3.05, 3.63) is 45.6 Å². The number of carbonyl (C=O) groups excluding carboxylic acids is 2. The highest BCUT2D eigenvalue weighted by Gasteiger charge is 2.34. The van der Waals surface area contributed by atoms with E-state index in [0.29, 0.717) is 17.2 Å². The van der Waals surface area contributed by atoms with Crippen LogP contribution < -0.4 is 10.6 Å². The number of allylic oxidation sites excluding steroid dienone is 1. The van der Waals surface area contributed by atoms with Gasteiger partial charge in [-0.05, 0) is 43.7 Å². The maximum absolute atomic E-state index is 12.9. The Labute approximate surface area is 156 Å². The number of hydrogen-bond donors (Lipinski definition) is 2. The summed E-state index contributed by atoms with van der Waals surface area (Å²) in [6, 6.07) is 6.72. The third kappa shape index (κ3) is 4.06. The molecule has 5 nitrogen and oxygen atoms in total. The number of urea groups is 1. The summed E-state index contributed by atoms with van der Waals surface area (Å²) in [5, 5.41) is 5.53. The summed E-state index contributed by atoms with van der Waals surface area (Å²) in [5.41, 5.74) is 1.84. The van der Waals surface area contributed by atoms with Gasteiger partial charge in [-0.15, -0.1) is 0 Å². The summed E-state index contributed by atoms with van der Waals surface area (Å²) in [7, 11) is 0. The number of hydrogen-bond acceptors (Lipinski definition) is 3. The fraction of sp³-hybridized carbons (Fsp3) is 0.474. The molecule has 3 rings (SSSR count). The van der Waals surface area contributed by atoms with Crippen LogP contribution in [-0.4, -0.2) is 18.1 Å². The van der Waals surface area contributed by atoms with E-state index in [1.165, 1.54) is 6.42 Å². The second kappa shape index (κ2) is 7.60. The molecule has 0 spiro atoms. The molecule has 2 N–H and O–H groups in total. The summed E-state index contributed by atoms with van der Waals surface area (Å²) in [4.78, 5) is 24.8. The number of halogens is 1. The quantitative estimate of drug-likeness (QED) is 0.739. The summed E-state index contributed by atoms with van der Waals surface area (Å²) >= 11 is 3.51. The zero-order chi connectivity index (χ0) is 18.0. The molecule has 1 aliphatic carbocycles. The van der Waals surface area contributed by atoms with Gasteiger partial charge in [0.1, 0.15) is 6.10 Å². The average molecular weight is 407 g/mol. The number of esters is 1. The van der Waals surface area contributed by atoms with Crippen molar-refractivity contribution in [2.45, 2.75) is 51.7 Å². The molecule has 134 valence electrons. The number of benzene rings is 1. The van der Waals surface area contributed by atoms with Gasteiger partial charge in [-0.3, -0.25) is 0 Å². The molecular weight excluding hydrogens is 384 g/mol. The SMILES string of the molecule is CC1=C(C(=O)OC2CCCC(C)C2)C(c2ccccc2Br)NC(=O)N1. The molecule has 6 heteroatoms. The van der Waals surface area contributed by atoms with E-state index in [1.807, 2.05) is 24.3 Å². The Bertz CT molecular complexity index is 716. The summed E-state index contributed by atoms with van der Waals surface area (Å²) in [6.45, 7) is 3.93. The first-order valence-electron chi connectivity index (χ1n) is 8.69. The maximum Gasteiger partial charge on any atom is 0.338 e. The lowest BCUT2D eigenvalue weighted by Gasteiger charge is -2.31. The summed E-state index contributed by atoms with van der Waals surface area (Å²) < 4.78 is 6.63. The lowest BCUT2D eigenvalue weighted by molar-refractivity contribution is -0.146. The van der Waals surface area contributed by atoms with Crippen LogP contribution in [0.4, 0.5) is 4.79 Å². The predicted octanol–water partition coefficient (Wildman–Crippen LogP) is 4.20. The van der Waals surface area contributed by atoms with Crippen molar-refractivity contribution in [1.82, 2.24) is 10.6 Å². The minimum atomic E-state index is -0.530. The number of amides is 2. The molecule has 0 aromatic heterocycles. The van der Waals surface area contributed by atoms with Crippen LogP contribution in [0, 0.1) is 5.92 Å². The van der Waals surface area contributed by atoms with Gasteiger partial charge in [-0.25, -0.2) is 9.59 Å². The fourth-order valence-corrected chi connectivity index (χ4v) is 4.12. The van der Waals surface area contributed by atoms with E-state index in [0.717, 1.165) is 29.3 Å². The highest BCUT2D eigenvalue weighted by atomic mass is 79.9. The highest BCUT2D eigenvalue weighted by Crippen LogP contribution is 2.33. The number of nitrogens with one attached hydrogen (secondary N) is 2. The van der Waals surface area contributed by atoms with Crippen molar-refractivity contribution in [3.8, 4) is 0 Å². The highest BCUT2D eigenvalue weighted by molar-refractivity contribution is 9.10. The summed E-state index contributed by atoms with van der Waals surface area (Å²) in [5.74, 6) is 0.217. The van der Waals surface area contributed by atoms with Crippen LogP contribution >= 0.6 is 15.9 Å². The van der Waals surface area contributed by atoms with Gasteiger partial charge in [-0.1, -0.05) is 47.5 Å². The van der Waals surface area contributed by atoms with Crippen LogP contribution in [0.3, 0.4) is 0 Å². The second-order valence-electron chi connectivity index (χ2n) is 6.89. The number of ether oxygens (including phenoxy) is 1. The maximum atomic E-state index is 12.9. The molecule has 0 radical (unpaired) electrons. The smallest absolute Gasteiger partial charge is 0.338 e. The molecule has 2 aliphatic rings. The Morgan fingerprint density at radius 2 is 2.04 bits per heavy atom. The zero-order valence-corrected chi connectivity index (χ0v) is 16.1. The number of rotatable bonds is 3. The monoisotopic (exact) mass is 406 g/mol. The molecule has 3 atom stereocenters. The largest absolute Gasteiger partial charge is 0.459 e. The van der Waals surface area contributed by atoms with Crippen molar-refractivity contribution in [2.75, 3.05) is 0 Å². The molecule has 3 unspecified atom stereocenters. The third-order valence-corrected chi connectivity index (χ3v) is 5.59. The first-order chi connectivity index (χ1) is 12.0. The molecule has 25 heavy (non-hydrogen) atoms. The van der Waals surface area contributed by atoms with Crippen LogP contribution in [0.15, 0.2) is 40.0 Å². The van der Waals surface area contributed by atoms with E-state index >= 15 is 0 Å². The predicted molar refractivity (Wildman–Crippen MR) is 98.8 cm³/mol. The van der Waals surface area contributed by atoms with Crippen molar-refractivity contribution in [1.29, 1.82) is 0 Å². The van der Waals surface area contributed by atoms with Gasteiger partial charge in [-0.2, -0.15) is 0 Å². The second-order valence-corrected chi connectivity index (χ2v) is 7.75. The van der Waals surface area contributed by atoms with E-state index in [2.05, 4.69) is 33.5 Å². The molecule has 2 amide bonds. The lowest BCUT2D eigenvalue weighted by atomic mass is 9.88. The first kappa shape index (κ1) is 18.0. The van der Waals surface area contributed by atoms with Gasteiger partial charge >= 0.3 is 12.0 Å². The van der Waals surface area contributed by atoms with Crippen LogP contribution in [-0.2, 0) is 9.53 Å². The van der Waals surface area contributed by atoms with E-state index < -0.39 is 6.04 Å². The molecule has 1 aromatic rings. The van der Waals surface area contributed by atoms with Gasteiger partial charge in [0.2, 0.25) is 0 Å². The minimum absolute atomic E-state index is 0.0472. The topological polar surface area (TPSA) is 67.4 Å². The Balaban J connectivity index is 1.87. The first-order valence-corrected chi connectivity index (χ1v) is 9.48. The average Bonchev–Trinajstić information content (AvgIpc) is 2.54. The van der Waals surface area contributed by atoms with Crippen molar-refractivity contribution < 1.29 is 14.3 Å². The standard InChI is InChI=1S/C19H23BrN2O3/c1-11-6-5-7-13(10-11)25-18(23)16-12(2)21-19(24)22-17(16)14-8-3-4-9-15(14)20/h3-4,8-9,11,13,17H,5-7,10H2,1-2H3,(H2,21,22,24). The van der Waals surface area contributed by atoms with Crippen molar-refractivity contribution in [2.24, 2.45) is 5.92 Å². The Morgan fingerprint density at radius 3 is 2.76 bits per heavy atom. The Kier molecular flexibility index (Phi) is 5.47. The van der Waals surface area contributed by atoms with Gasteiger partial charge < -0.3 is 15.4 Å². The Morgan fingerprint density at radius 1 is 1.28 bits per heavy atom. The Hall–Kier alpha value is -1.82. The number of carbonyl (C=O) groups is 2. The lowest BCUT2D eigenvalue weighted by Crippen LogP contribution is -2.45.